The summed E-state index contributed by atoms with van der Waals surface area (Å²) in [5, 5.41) is 0. The smallest absolute Gasteiger partial charge is 0.0777 e. The van der Waals surface area contributed by atoms with Gasteiger partial charge in [-0.15, -0.1) is 0 Å². The molecule has 1 saturated heterocycles. The number of hydrogen-bond acceptors (Lipinski definition) is 3. The summed E-state index contributed by atoms with van der Waals surface area (Å²) in [4.78, 5) is 2.58. The van der Waals surface area contributed by atoms with Gasteiger partial charge in [-0.25, -0.2) is 0 Å². The number of rotatable bonds is 8. The molecule has 0 amide bonds. The van der Waals surface area contributed by atoms with Crippen LogP contribution in [0, 0.1) is 11.8 Å². The molecule has 1 rings (SSSR count). The van der Waals surface area contributed by atoms with Crippen molar-refractivity contribution in [2.75, 3.05) is 33.3 Å². The van der Waals surface area contributed by atoms with Crippen molar-refractivity contribution in [1.29, 1.82) is 0 Å². The molecule has 2 atom stereocenters. The number of nitrogens with two attached hydrogens (primary N) is 1. The van der Waals surface area contributed by atoms with E-state index in [1.807, 2.05) is 7.11 Å². The van der Waals surface area contributed by atoms with Crippen LogP contribution in [-0.4, -0.2) is 43.8 Å². The summed E-state index contributed by atoms with van der Waals surface area (Å²) >= 11 is 0. The number of methoxy groups -OCH3 is 1. The molecule has 19 heavy (non-hydrogen) atoms. The normalized spacial score (nSPS) is 26.8. The average molecular weight is 270 g/mol. The largest absolute Gasteiger partial charge is 0.377 e. The van der Waals surface area contributed by atoms with E-state index in [4.69, 9.17) is 10.5 Å². The minimum Gasteiger partial charge on any atom is -0.377 e. The molecule has 2 unspecified atom stereocenters. The summed E-state index contributed by atoms with van der Waals surface area (Å²) in [6, 6.07) is 0. The molecule has 1 heterocycles. The van der Waals surface area contributed by atoms with E-state index in [2.05, 4.69) is 25.7 Å². The summed E-state index contributed by atoms with van der Waals surface area (Å²) in [5.74, 6) is 1.55. The highest BCUT2D eigenvalue weighted by Gasteiger charge is 2.30. The Morgan fingerprint density at radius 3 is 2.63 bits per heavy atom. The number of likely N-dealkylation sites (tertiary alicyclic amines) is 1. The van der Waals surface area contributed by atoms with Crippen LogP contribution in [0.4, 0.5) is 0 Å². The summed E-state index contributed by atoms with van der Waals surface area (Å²) in [6.45, 7) is 11.3. The molecule has 2 N–H and O–H groups in total. The zero-order chi connectivity index (χ0) is 14.3. The molecule has 0 aromatic rings. The van der Waals surface area contributed by atoms with E-state index < -0.39 is 0 Å². The first-order valence-corrected chi connectivity index (χ1v) is 7.98. The van der Waals surface area contributed by atoms with Gasteiger partial charge in [0.1, 0.15) is 0 Å². The van der Waals surface area contributed by atoms with Gasteiger partial charge in [0.2, 0.25) is 0 Å². The molecule has 0 radical (unpaired) electrons. The molecule has 114 valence electrons. The van der Waals surface area contributed by atoms with Crippen LogP contribution < -0.4 is 5.73 Å². The first-order valence-electron chi connectivity index (χ1n) is 7.98. The van der Waals surface area contributed by atoms with Gasteiger partial charge in [0.15, 0.2) is 0 Å². The standard InChI is InChI=1S/C16H34N2O/c1-14(2)15(8-10-17)7-5-11-18-12-6-9-16(3,13-18)19-4/h14-15H,5-13,17H2,1-4H3. The molecule has 0 aliphatic carbocycles. The van der Waals surface area contributed by atoms with Gasteiger partial charge >= 0.3 is 0 Å². The summed E-state index contributed by atoms with van der Waals surface area (Å²) in [6.07, 6.45) is 6.24. The second-order valence-electron chi connectivity index (χ2n) is 6.76. The maximum Gasteiger partial charge on any atom is 0.0777 e. The van der Waals surface area contributed by atoms with Crippen LogP contribution in [-0.2, 0) is 4.74 Å². The Hall–Kier alpha value is -0.120. The van der Waals surface area contributed by atoms with Crippen LogP contribution in [0.2, 0.25) is 0 Å². The van der Waals surface area contributed by atoms with Crippen molar-refractivity contribution in [3.8, 4) is 0 Å². The lowest BCUT2D eigenvalue weighted by atomic mass is 9.88. The van der Waals surface area contributed by atoms with Crippen LogP contribution in [0.5, 0.6) is 0 Å². The van der Waals surface area contributed by atoms with E-state index in [1.54, 1.807) is 0 Å². The molecule has 1 aliphatic rings. The highest BCUT2D eigenvalue weighted by molar-refractivity contribution is 4.84. The maximum atomic E-state index is 5.71. The molecule has 0 bridgehead atoms. The van der Waals surface area contributed by atoms with Crippen LogP contribution in [0.1, 0.15) is 52.9 Å². The Morgan fingerprint density at radius 2 is 2.05 bits per heavy atom. The SMILES string of the molecule is COC1(C)CCCN(CCCC(CCN)C(C)C)C1. The number of nitrogens with zero attached hydrogens (tertiary/aromatic N) is 1. The molecule has 1 aliphatic heterocycles. The van der Waals surface area contributed by atoms with Crippen molar-refractivity contribution in [2.45, 2.75) is 58.5 Å². The first kappa shape index (κ1) is 16.9. The number of ether oxygens (including phenoxy) is 1. The van der Waals surface area contributed by atoms with Crippen molar-refractivity contribution in [1.82, 2.24) is 4.90 Å². The van der Waals surface area contributed by atoms with Crippen molar-refractivity contribution >= 4 is 0 Å². The Labute approximate surface area is 119 Å². The molecular weight excluding hydrogens is 236 g/mol. The third-order valence-electron chi connectivity index (χ3n) is 4.76. The molecular formula is C16H34N2O. The number of piperidine rings is 1. The van der Waals surface area contributed by atoms with Crippen LogP contribution in [0.3, 0.4) is 0 Å². The molecule has 0 spiro atoms. The van der Waals surface area contributed by atoms with Gasteiger partial charge in [-0.1, -0.05) is 13.8 Å². The maximum absolute atomic E-state index is 5.71. The van der Waals surface area contributed by atoms with E-state index in [-0.39, 0.29) is 5.60 Å². The fourth-order valence-electron chi connectivity index (χ4n) is 3.27. The fraction of sp³-hybridized carbons (Fsp3) is 1.00. The lowest BCUT2D eigenvalue weighted by molar-refractivity contribution is -0.0510. The van der Waals surface area contributed by atoms with E-state index >= 15 is 0 Å². The molecule has 1 fully saturated rings. The molecule has 0 aromatic heterocycles. The Bertz CT molecular complexity index is 245. The Balaban J connectivity index is 2.28. The second-order valence-corrected chi connectivity index (χ2v) is 6.76. The van der Waals surface area contributed by atoms with E-state index in [1.165, 1.54) is 45.2 Å². The average Bonchev–Trinajstić information content (AvgIpc) is 2.38. The summed E-state index contributed by atoms with van der Waals surface area (Å²) in [7, 11) is 1.85. The second kappa shape index (κ2) is 8.23. The third-order valence-corrected chi connectivity index (χ3v) is 4.76. The summed E-state index contributed by atoms with van der Waals surface area (Å²) < 4.78 is 5.65. The number of hydrogen-bond donors (Lipinski definition) is 1. The lowest BCUT2D eigenvalue weighted by Gasteiger charge is -2.39. The third kappa shape index (κ3) is 5.80. The van der Waals surface area contributed by atoms with E-state index in [9.17, 15) is 0 Å². The van der Waals surface area contributed by atoms with E-state index in [0.717, 1.165) is 24.9 Å². The van der Waals surface area contributed by atoms with Gasteiger partial charge in [0.05, 0.1) is 5.60 Å². The van der Waals surface area contributed by atoms with Crippen LogP contribution in [0.15, 0.2) is 0 Å². The molecule has 3 heteroatoms. The van der Waals surface area contributed by atoms with Gasteiger partial charge in [-0.3, -0.25) is 0 Å². The van der Waals surface area contributed by atoms with Gasteiger partial charge in [-0.2, -0.15) is 0 Å². The van der Waals surface area contributed by atoms with Gasteiger partial charge in [0, 0.05) is 13.7 Å². The molecule has 3 nitrogen and oxygen atoms in total. The minimum absolute atomic E-state index is 0.0763. The zero-order valence-electron chi connectivity index (χ0n) is 13.5. The lowest BCUT2D eigenvalue weighted by Crippen LogP contribution is -2.47. The quantitative estimate of drug-likeness (QED) is 0.737. The van der Waals surface area contributed by atoms with E-state index in [0.29, 0.717) is 0 Å². The van der Waals surface area contributed by atoms with Crippen molar-refractivity contribution < 1.29 is 4.74 Å². The van der Waals surface area contributed by atoms with Crippen LogP contribution in [0.25, 0.3) is 0 Å². The van der Waals surface area contributed by atoms with Crippen molar-refractivity contribution in [3.63, 3.8) is 0 Å². The highest BCUT2D eigenvalue weighted by Crippen LogP contribution is 2.25. The predicted octanol–water partition coefficient (Wildman–Crippen LogP) is 2.89. The monoisotopic (exact) mass is 270 g/mol. The Kier molecular flexibility index (Phi) is 7.33. The Morgan fingerprint density at radius 1 is 1.32 bits per heavy atom. The highest BCUT2D eigenvalue weighted by atomic mass is 16.5. The van der Waals surface area contributed by atoms with Gasteiger partial charge in [-0.05, 0) is 70.5 Å². The summed E-state index contributed by atoms with van der Waals surface area (Å²) in [5.41, 5.74) is 5.78. The molecule has 0 saturated carbocycles. The fourth-order valence-corrected chi connectivity index (χ4v) is 3.27. The van der Waals surface area contributed by atoms with Crippen molar-refractivity contribution in [2.24, 2.45) is 17.6 Å². The molecule has 0 aromatic carbocycles. The first-order chi connectivity index (χ1) is 9.00. The predicted molar refractivity (Wildman–Crippen MR) is 82.3 cm³/mol. The zero-order valence-corrected chi connectivity index (χ0v) is 13.5. The van der Waals surface area contributed by atoms with Crippen molar-refractivity contribution in [3.05, 3.63) is 0 Å². The van der Waals surface area contributed by atoms with Gasteiger partial charge < -0.3 is 15.4 Å². The minimum atomic E-state index is 0.0763. The topological polar surface area (TPSA) is 38.5 Å². The van der Waals surface area contributed by atoms with Crippen LogP contribution >= 0.6 is 0 Å². The van der Waals surface area contributed by atoms with Gasteiger partial charge in [0.25, 0.3) is 0 Å².